The van der Waals surface area contributed by atoms with Gasteiger partial charge in [0.1, 0.15) is 0 Å². The maximum atomic E-state index is 12.3. The summed E-state index contributed by atoms with van der Waals surface area (Å²) in [4.78, 5) is 25.6. The van der Waals surface area contributed by atoms with E-state index in [2.05, 4.69) is 18.8 Å². The molecular weight excluding hydrogens is 264 g/mol. The lowest BCUT2D eigenvalue weighted by Crippen LogP contribution is -2.44. The zero-order valence-corrected chi connectivity index (χ0v) is 13.2. The van der Waals surface area contributed by atoms with Crippen LogP contribution in [-0.2, 0) is 9.59 Å². The van der Waals surface area contributed by atoms with Gasteiger partial charge in [0.25, 0.3) is 0 Å². The van der Waals surface area contributed by atoms with Crippen LogP contribution in [0.5, 0.6) is 0 Å². The summed E-state index contributed by atoms with van der Waals surface area (Å²) >= 11 is 0. The Balaban J connectivity index is 1.74. The fraction of sp³-hybridized carbons (Fsp3) is 0.765. The third kappa shape index (κ3) is 4.32. The number of carbonyl (C=O) groups excluding carboxylic acids is 2. The molecule has 0 radical (unpaired) electrons. The molecule has 0 spiro atoms. The summed E-state index contributed by atoms with van der Waals surface area (Å²) in [5, 5.41) is 3.16. The van der Waals surface area contributed by atoms with Gasteiger partial charge >= 0.3 is 0 Å². The zero-order chi connectivity index (χ0) is 15.3. The van der Waals surface area contributed by atoms with E-state index in [0.29, 0.717) is 13.1 Å². The van der Waals surface area contributed by atoms with E-state index in [-0.39, 0.29) is 23.1 Å². The van der Waals surface area contributed by atoms with E-state index in [1.807, 2.05) is 0 Å². The van der Waals surface area contributed by atoms with Gasteiger partial charge in [-0.1, -0.05) is 32.8 Å². The number of carbonyl (C=O) groups is 2. The van der Waals surface area contributed by atoms with Gasteiger partial charge in [-0.15, -0.1) is 0 Å². The molecular formula is C17H28N2O2. The Morgan fingerprint density at radius 1 is 1.24 bits per heavy atom. The molecule has 0 aromatic heterocycles. The van der Waals surface area contributed by atoms with E-state index >= 15 is 0 Å². The number of rotatable bonds is 4. The average molecular weight is 292 g/mol. The van der Waals surface area contributed by atoms with Crippen molar-refractivity contribution in [3.05, 3.63) is 12.7 Å². The second kappa shape index (κ2) is 7.10. The molecule has 118 valence electrons. The van der Waals surface area contributed by atoms with E-state index in [4.69, 9.17) is 0 Å². The molecule has 1 aliphatic heterocycles. The van der Waals surface area contributed by atoms with Gasteiger partial charge in [-0.3, -0.25) is 9.59 Å². The van der Waals surface area contributed by atoms with Gasteiger partial charge < -0.3 is 10.2 Å². The highest BCUT2D eigenvalue weighted by atomic mass is 16.2. The maximum absolute atomic E-state index is 12.3. The van der Waals surface area contributed by atoms with Crippen molar-refractivity contribution in [2.45, 2.75) is 51.9 Å². The van der Waals surface area contributed by atoms with E-state index in [9.17, 15) is 9.59 Å². The molecule has 2 rings (SSSR count). The van der Waals surface area contributed by atoms with Crippen molar-refractivity contribution in [2.75, 3.05) is 19.6 Å². The molecule has 1 aliphatic carbocycles. The number of hydrogen-bond acceptors (Lipinski definition) is 2. The second-order valence-corrected chi connectivity index (χ2v) is 6.89. The molecule has 1 saturated heterocycles. The van der Waals surface area contributed by atoms with Crippen LogP contribution in [0.1, 0.15) is 51.9 Å². The van der Waals surface area contributed by atoms with E-state index in [1.54, 1.807) is 4.90 Å². The molecule has 4 heteroatoms. The van der Waals surface area contributed by atoms with Crippen LogP contribution >= 0.6 is 0 Å². The van der Waals surface area contributed by atoms with Gasteiger partial charge in [0.2, 0.25) is 11.8 Å². The summed E-state index contributed by atoms with van der Waals surface area (Å²) in [5.74, 6) is 0.210. The van der Waals surface area contributed by atoms with Crippen molar-refractivity contribution in [3.8, 4) is 0 Å². The summed E-state index contributed by atoms with van der Waals surface area (Å²) in [6, 6.07) is 0. The number of amides is 2. The first-order valence-corrected chi connectivity index (χ1v) is 8.23. The molecule has 0 atom stereocenters. The van der Waals surface area contributed by atoms with Crippen LogP contribution in [0, 0.1) is 11.3 Å². The minimum atomic E-state index is -0.0245. The van der Waals surface area contributed by atoms with Gasteiger partial charge in [0.15, 0.2) is 0 Å². The minimum absolute atomic E-state index is 0.0245. The van der Waals surface area contributed by atoms with Crippen molar-refractivity contribution in [1.29, 1.82) is 0 Å². The molecule has 4 nitrogen and oxygen atoms in total. The molecule has 2 amide bonds. The van der Waals surface area contributed by atoms with Crippen molar-refractivity contribution in [2.24, 2.45) is 11.3 Å². The summed E-state index contributed by atoms with van der Waals surface area (Å²) in [6.45, 7) is 7.93. The van der Waals surface area contributed by atoms with Crippen LogP contribution in [-0.4, -0.2) is 36.3 Å². The van der Waals surface area contributed by atoms with E-state index < -0.39 is 0 Å². The first-order chi connectivity index (χ1) is 10.0. The Morgan fingerprint density at radius 3 is 2.43 bits per heavy atom. The molecule has 2 aliphatic rings. The normalized spacial score (nSPS) is 22.6. The molecule has 21 heavy (non-hydrogen) atoms. The highest BCUT2D eigenvalue weighted by Crippen LogP contribution is 2.35. The third-order valence-corrected chi connectivity index (χ3v) is 5.10. The molecule has 0 aromatic rings. The lowest BCUT2D eigenvalue weighted by atomic mass is 9.75. The Labute approximate surface area is 128 Å². The van der Waals surface area contributed by atoms with Crippen LogP contribution in [0.2, 0.25) is 0 Å². The highest BCUT2D eigenvalue weighted by molar-refractivity contribution is 5.87. The van der Waals surface area contributed by atoms with Gasteiger partial charge in [-0.05, 0) is 37.2 Å². The predicted octanol–water partition coefficient (Wildman–Crippen LogP) is 2.50. The van der Waals surface area contributed by atoms with E-state index in [1.165, 1.54) is 38.2 Å². The Bertz CT molecular complexity index is 392. The Hall–Kier alpha value is -1.32. The Morgan fingerprint density at radius 2 is 1.86 bits per heavy atom. The molecule has 1 N–H and O–H groups in total. The van der Waals surface area contributed by atoms with E-state index in [0.717, 1.165) is 19.4 Å². The second-order valence-electron chi connectivity index (χ2n) is 6.89. The fourth-order valence-electron chi connectivity index (χ4n) is 3.52. The summed E-state index contributed by atoms with van der Waals surface area (Å²) < 4.78 is 0. The predicted molar refractivity (Wildman–Crippen MR) is 83.7 cm³/mol. The molecule has 1 heterocycles. The molecule has 0 aromatic carbocycles. The van der Waals surface area contributed by atoms with Crippen LogP contribution in [0.15, 0.2) is 12.7 Å². The third-order valence-electron chi connectivity index (χ3n) is 5.10. The van der Waals surface area contributed by atoms with Crippen molar-refractivity contribution >= 4 is 11.8 Å². The maximum Gasteiger partial charge on any atom is 0.245 e. The number of piperidine rings is 1. The quantitative estimate of drug-likeness (QED) is 0.809. The van der Waals surface area contributed by atoms with Gasteiger partial charge in [0, 0.05) is 25.6 Å². The standard InChI is InChI=1S/C17H28N2O2/c1-3-15(20)19-11-7-14(8-12-19)16(21)18-13-17(2)9-5-4-6-10-17/h3,14H,1,4-13H2,2H3,(H,18,21). The smallest absolute Gasteiger partial charge is 0.245 e. The Kier molecular flexibility index (Phi) is 5.43. The SMILES string of the molecule is C=CC(=O)N1CCC(C(=O)NCC2(C)CCCCC2)CC1. The summed E-state index contributed by atoms with van der Waals surface area (Å²) in [6.07, 6.45) is 9.23. The number of nitrogens with one attached hydrogen (secondary N) is 1. The first kappa shape index (κ1) is 16.1. The average Bonchev–Trinajstić information content (AvgIpc) is 2.53. The number of likely N-dealkylation sites (tertiary alicyclic amines) is 1. The van der Waals surface area contributed by atoms with Crippen molar-refractivity contribution in [1.82, 2.24) is 10.2 Å². The monoisotopic (exact) mass is 292 g/mol. The molecule has 1 saturated carbocycles. The van der Waals surface area contributed by atoms with Crippen LogP contribution in [0.25, 0.3) is 0 Å². The summed E-state index contributed by atoms with van der Waals surface area (Å²) in [5.41, 5.74) is 0.285. The largest absolute Gasteiger partial charge is 0.355 e. The first-order valence-electron chi connectivity index (χ1n) is 8.23. The topological polar surface area (TPSA) is 49.4 Å². The van der Waals surface area contributed by atoms with Gasteiger partial charge in [-0.25, -0.2) is 0 Å². The zero-order valence-electron chi connectivity index (χ0n) is 13.2. The summed E-state index contributed by atoms with van der Waals surface area (Å²) in [7, 11) is 0. The van der Waals surface area contributed by atoms with Crippen LogP contribution < -0.4 is 5.32 Å². The molecule has 2 fully saturated rings. The fourth-order valence-corrected chi connectivity index (χ4v) is 3.52. The van der Waals surface area contributed by atoms with Crippen molar-refractivity contribution in [3.63, 3.8) is 0 Å². The lowest BCUT2D eigenvalue weighted by Gasteiger charge is -2.35. The van der Waals surface area contributed by atoms with Crippen LogP contribution in [0.3, 0.4) is 0 Å². The number of hydrogen-bond donors (Lipinski definition) is 1. The van der Waals surface area contributed by atoms with Crippen LogP contribution in [0.4, 0.5) is 0 Å². The highest BCUT2D eigenvalue weighted by Gasteiger charge is 2.30. The molecule has 0 unspecified atom stereocenters. The minimum Gasteiger partial charge on any atom is -0.355 e. The number of nitrogens with zero attached hydrogens (tertiary/aromatic N) is 1. The van der Waals surface area contributed by atoms with Gasteiger partial charge in [-0.2, -0.15) is 0 Å². The van der Waals surface area contributed by atoms with Crippen molar-refractivity contribution < 1.29 is 9.59 Å². The molecule has 0 bridgehead atoms. The lowest BCUT2D eigenvalue weighted by molar-refractivity contribution is -0.132. The van der Waals surface area contributed by atoms with Gasteiger partial charge in [0.05, 0.1) is 0 Å².